The van der Waals surface area contributed by atoms with Gasteiger partial charge in [0.05, 0.1) is 25.3 Å². The molecule has 3 N–H and O–H groups in total. The van der Waals surface area contributed by atoms with Gasteiger partial charge in [0.15, 0.2) is 5.82 Å². The topological polar surface area (TPSA) is 152 Å². The number of anilines is 1. The first-order chi connectivity index (χ1) is 18.1. The zero-order valence-corrected chi connectivity index (χ0v) is 20.3. The standard InChI is InChI=1S/C24H27N9O4/c1-2-37-24(35)31-23-29-18-13-16(12-17(20(18)30-23)21-25-4-3-5-26-21)33-14-19(28-15-33)22(34)27-6-7-32-8-10-36-11-9-32/h3-5,12-15H,2,6-11H2,1H3,(H,27,34)(H2,29,30,31,35). The maximum absolute atomic E-state index is 12.7. The van der Waals surface area contributed by atoms with Gasteiger partial charge in [0.1, 0.15) is 17.5 Å². The first-order valence-corrected chi connectivity index (χ1v) is 12.0. The van der Waals surface area contributed by atoms with Crippen molar-refractivity contribution in [2.24, 2.45) is 0 Å². The third kappa shape index (κ3) is 5.73. The number of hydrogen-bond acceptors (Lipinski definition) is 9. The van der Waals surface area contributed by atoms with E-state index in [-0.39, 0.29) is 18.5 Å². The fourth-order valence-corrected chi connectivity index (χ4v) is 4.01. The van der Waals surface area contributed by atoms with E-state index in [1.54, 1.807) is 42.5 Å². The molecule has 3 aromatic heterocycles. The lowest BCUT2D eigenvalue weighted by Crippen LogP contribution is -2.41. The number of ether oxygens (including phenoxy) is 2. The number of nitrogens with zero attached hydrogens (tertiary/aromatic N) is 6. The van der Waals surface area contributed by atoms with E-state index in [0.717, 1.165) is 32.8 Å². The van der Waals surface area contributed by atoms with Gasteiger partial charge in [0.25, 0.3) is 5.91 Å². The molecule has 1 aromatic carbocycles. The lowest BCUT2D eigenvalue weighted by Gasteiger charge is -2.26. The van der Waals surface area contributed by atoms with E-state index in [2.05, 4.69) is 40.5 Å². The Bertz CT molecular complexity index is 1380. The van der Waals surface area contributed by atoms with Crippen LogP contribution in [0.3, 0.4) is 0 Å². The summed E-state index contributed by atoms with van der Waals surface area (Å²) in [5.41, 5.74) is 2.86. The van der Waals surface area contributed by atoms with Gasteiger partial charge in [-0.05, 0) is 25.1 Å². The lowest BCUT2D eigenvalue weighted by atomic mass is 10.1. The number of fused-ring (bicyclic) bond motifs is 1. The molecule has 0 bridgehead atoms. The van der Waals surface area contributed by atoms with E-state index < -0.39 is 6.09 Å². The fourth-order valence-electron chi connectivity index (χ4n) is 4.01. The molecule has 13 nitrogen and oxygen atoms in total. The second-order valence-electron chi connectivity index (χ2n) is 8.27. The highest BCUT2D eigenvalue weighted by atomic mass is 16.5. The van der Waals surface area contributed by atoms with Crippen molar-refractivity contribution in [1.82, 2.24) is 39.7 Å². The predicted octanol–water partition coefficient (Wildman–Crippen LogP) is 1.84. The maximum atomic E-state index is 12.7. The normalized spacial score (nSPS) is 14.0. The highest BCUT2D eigenvalue weighted by molar-refractivity contribution is 5.95. The molecule has 1 aliphatic rings. The predicted molar refractivity (Wildman–Crippen MR) is 134 cm³/mol. The summed E-state index contributed by atoms with van der Waals surface area (Å²) in [6, 6.07) is 5.42. The van der Waals surface area contributed by atoms with Gasteiger partial charge in [0, 0.05) is 56.0 Å². The van der Waals surface area contributed by atoms with E-state index in [0.29, 0.717) is 40.3 Å². The summed E-state index contributed by atoms with van der Waals surface area (Å²) in [5.74, 6) is 0.445. The van der Waals surface area contributed by atoms with Crippen LogP contribution >= 0.6 is 0 Å². The van der Waals surface area contributed by atoms with E-state index in [1.165, 1.54) is 0 Å². The molecule has 0 aliphatic carbocycles. The molecule has 2 amide bonds. The van der Waals surface area contributed by atoms with Crippen molar-refractivity contribution in [3.05, 3.63) is 48.8 Å². The molecule has 4 aromatic rings. The zero-order valence-electron chi connectivity index (χ0n) is 20.3. The minimum atomic E-state index is -0.613. The Hall–Kier alpha value is -4.36. The van der Waals surface area contributed by atoms with Gasteiger partial charge in [-0.1, -0.05) is 0 Å². The smallest absolute Gasteiger partial charge is 0.413 e. The number of rotatable bonds is 8. The SMILES string of the molecule is CCOC(=O)Nc1nc2c(-c3ncccn3)cc(-n3cnc(C(=O)NCCN4CCOCC4)c3)cc2[nH]1. The van der Waals surface area contributed by atoms with Crippen molar-refractivity contribution >= 4 is 29.0 Å². The van der Waals surface area contributed by atoms with Crippen molar-refractivity contribution in [3.8, 4) is 17.1 Å². The number of H-pyrrole nitrogens is 1. The van der Waals surface area contributed by atoms with Crippen LogP contribution in [0.2, 0.25) is 0 Å². The number of aromatic nitrogens is 6. The van der Waals surface area contributed by atoms with Gasteiger partial charge in [-0.25, -0.2) is 24.7 Å². The molecule has 5 rings (SSSR count). The van der Waals surface area contributed by atoms with Gasteiger partial charge in [-0.2, -0.15) is 0 Å². The molecule has 37 heavy (non-hydrogen) atoms. The molecular formula is C24H27N9O4. The Kier molecular flexibility index (Phi) is 7.33. The van der Waals surface area contributed by atoms with Crippen LogP contribution in [-0.2, 0) is 9.47 Å². The molecule has 0 spiro atoms. The summed E-state index contributed by atoms with van der Waals surface area (Å²) in [4.78, 5) is 47.4. The van der Waals surface area contributed by atoms with E-state index in [9.17, 15) is 9.59 Å². The molecule has 0 radical (unpaired) electrons. The number of aromatic amines is 1. The molecular weight excluding hydrogens is 478 g/mol. The van der Waals surface area contributed by atoms with Crippen LogP contribution in [0, 0.1) is 0 Å². The van der Waals surface area contributed by atoms with Crippen LogP contribution in [0.15, 0.2) is 43.1 Å². The fraction of sp³-hybridized carbons (Fsp3) is 0.333. The average Bonchev–Trinajstić information content (AvgIpc) is 3.56. The highest BCUT2D eigenvalue weighted by Crippen LogP contribution is 2.29. The minimum Gasteiger partial charge on any atom is -0.450 e. The molecule has 0 saturated carbocycles. The van der Waals surface area contributed by atoms with Crippen LogP contribution in [0.5, 0.6) is 0 Å². The van der Waals surface area contributed by atoms with Crippen molar-refractivity contribution < 1.29 is 19.1 Å². The van der Waals surface area contributed by atoms with E-state index >= 15 is 0 Å². The molecule has 192 valence electrons. The zero-order chi connectivity index (χ0) is 25.6. The third-order valence-corrected chi connectivity index (χ3v) is 5.80. The summed E-state index contributed by atoms with van der Waals surface area (Å²) < 4.78 is 12.0. The van der Waals surface area contributed by atoms with Crippen molar-refractivity contribution in [2.45, 2.75) is 6.92 Å². The second-order valence-corrected chi connectivity index (χ2v) is 8.27. The Morgan fingerprint density at radius 3 is 2.76 bits per heavy atom. The summed E-state index contributed by atoms with van der Waals surface area (Å²) in [6.45, 7) is 6.41. The van der Waals surface area contributed by atoms with Crippen molar-refractivity contribution in [3.63, 3.8) is 0 Å². The van der Waals surface area contributed by atoms with Crippen LogP contribution in [0.4, 0.5) is 10.7 Å². The van der Waals surface area contributed by atoms with Crippen molar-refractivity contribution in [1.29, 1.82) is 0 Å². The van der Waals surface area contributed by atoms with Crippen molar-refractivity contribution in [2.75, 3.05) is 51.3 Å². The van der Waals surface area contributed by atoms with Crippen LogP contribution in [0.1, 0.15) is 17.4 Å². The van der Waals surface area contributed by atoms with E-state index in [4.69, 9.17) is 9.47 Å². The molecule has 13 heteroatoms. The minimum absolute atomic E-state index is 0.230. The first-order valence-electron chi connectivity index (χ1n) is 12.0. The van der Waals surface area contributed by atoms with E-state index in [1.807, 2.05) is 12.1 Å². The second kappa shape index (κ2) is 11.1. The van der Waals surface area contributed by atoms with Gasteiger partial charge >= 0.3 is 6.09 Å². The number of hydrogen-bond donors (Lipinski definition) is 3. The number of benzene rings is 1. The van der Waals surface area contributed by atoms with Crippen LogP contribution < -0.4 is 10.6 Å². The summed E-state index contributed by atoms with van der Waals surface area (Å²) >= 11 is 0. The molecule has 4 heterocycles. The van der Waals surface area contributed by atoms with Gasteiger partial charge in [-0.3, -0.25) is 15.0 Å². The monoisotopic (exact) mass is 505 g/mol. The molecule has 1 fully saturated rings. The Labute approximate surface area is 212 Å². The first kappa shape index (κ1) is 24.3. The van der Waals surface area contributed by atoms with Gasteiger partial charge in [0.2, 0.25) is 5.95 Å². The number of morpholine rings is 1. The lowest BCUT2D eigenvalue weighted by molar-refractivity contribution is 0.0383. The van der Waals surface area contributed by atoms with Crippen LogP contribution in [0.25, 0.3) is 28.1 Å². The number of carbonyl (C=O) groups excluding carboxylic acids is 2. The van der Waals surface area contributed by atoms with Gasteiger partial charge in [-0.15, -0.1) is 0 Å². The summed E-state index contributed by atoms with van der Waals surface area (Å²) in [7, 11) is 0. The number of amides is 2. The molecule has 0 atom stereocenters. The van der Waals surface area contributed by atoms with Crippen LogP contribution in [-0.4, -0.2) is 92.4 Å². The summed E-state index contributed by atoms with van der Waals surface area (Å²) in [5, 5.41) is 5.51. The Morgan fingerprint density at radius 2 is 1.97 bits per heavy atom. The largest absolute Gasteiger partial charge is 0.450 e. The molecule has 1 saturated heterocycles. The quantitative estimate of drug-likeness (QED) is 0.326. The Morgan fingerprint density at radius 1 is 1.16 bits per heavy atom. The highest BCUT2D eigenvalue weighted by Gasteiger charge is 2.17. The number of carbonyl (C=O) groups is 2. The third-order valence-electron chi connectivity index (χ3n) is 5.80. The Balaban J connectivity index is 1.38. The number of nitrogens with one attached hydrogen (secondary N) is 3. The maximum Gasteiger partial charge on any atom is 0.413 e. The molecule has 0 unspecified atom stereocenters. The average molecular weight is 506 g/mol. The molecule has 1 aliphatic heterocycles. The number of imidazole rings is 2. The summed E-state index contributed by atoms with van der Waals surface area (Å²) in [6.07, 6.45) is 5.90. The van der Waals surface area contributed by atoms with Gasteiger partial charge < -0.3 is 24.3 Å².